The van der Waals surface area contributed by atoms with Crippen molar-refractivity contribution >= 4 is 5.65 Å². The smallest absolute Gasteiger partial charge is 0.164 e. The van der Waals surface area contributed by atoms with Gasteiger partial charge in [0, 0.05) is 18.8 Å². The van der Waals surface area contributed by atoms with Gasteiger partial charge in [0.15, 0.2) is 11.5 Å². The van der Waals surface area contributed by atoms with E-state index in [-0.39, 0.29) is 6.04 Å². The second-order valence-corrected chi connectivity index (χ2v) is 3.93. The van der Waals surface area contributed by atoms with Crippen molar-refractivity contribution in [1.29, 1.82) is 0 Å². The fourth-order valence-electron chi connectivity index (χ4n) is 1.99. The summed E-state index contributed by atoms with van der Waals surface area (Å²) in [7, 11) is 1.64. The van der Waals surface area contributed by atoms with Crippen LogP contribution in [0.25, 0.3) is 5.65 Å². The van der Waals surface area contributed by atoms with Crippen LogP contribution in [0.3, 0.4) is 0 Å². The van der Waals surface area contributed by atoms with Gasteiger partial charge < -0.3 is 14.8 Å². The van der Waals surface area contributed by atoms with Gasteiger partial charge in [0.05, 0.1) is 26.4 Å². The van der Waals surface area contributed by atoms with Crippen molar-refractivity contribution in [2.75, 3.05) is 26.9 Å². The molecule has 6 nitrogen and oxygen atoms in total. The van der Waals surface area contributed by atoms with E-state index in [0.29, 0.717) is 6.61 Å². The lowest BCUT2D eigenvalue weighted by atomic mass is 10.2. The molecule has 1 fully saturated rings. The van der Waals surface area contributed by atoms with E-state index in [1.165, 1.54) is 0 Å². The van der Waals surface area contributed by atoms with Gasteiger partial charge in [0.1, 0.15) is 5.75 Å². The van der Waals surface area contributed by atoms with E-state index in [2.05, 4.69) is 15.5 Å². The summed E-state index contributed by atoms with van der Waals surface area (Å²) in [6.45, 7) is 2.23. The molecule has 1 aliphatic rings. The molecule has 0 aliphatic carbocycles. The Kier molecular flexibility index (Phi) is 2.66. The van der Waals surface area contributed by atoms with Crippen molar-refractivity contribution in [2.24, 2.45) is 0 Å². The molecule has 90 valence electrons. The third-order valence-electron chi connectivity index (χ3n) is 2.88. The number of morpholine rings is 1. The molecule has 3 rings (SSSR count). The Bertz CT molecular complexity index is 519. The standard InChI is InChI=1S/C11H14N4O2/c1-16-8-2-4-15-10(6-8)13-14-11(15)9-7-17-5-3-12-9/h2,4,6,9,12H,3,5,7H2,1H3. The quantitative estimate of drug-likeness (QED) is 0.815. The van der Waals surface area contributed by atoms with Crippen molar-refractivity contribution in [3.8, 4) is 5.75 Å². The molecule has 1 atom stereocenters. The molecule has 2 aromatic heterocycles. The molecule has 3 heterocycles. The van der Waals surface area contributed by atoms with Crippen molar-refractivity contribution in [1.82, 2.24) is 19.9 Å². The molecule has 0 spiro atoms. The number of hydrogen-bond donors (Lipinski definition) is 1. The number of nitrogens with one attached hydrogen (secondary N) is 1. The number of fused-ring (bicyclic) bond motifs is 1. The number of pyridine rings is 1. The van der Waals surface area contributed by atoms with E-state index in [1.807, 2.05) is 22.7 Å². The van der Waals surface area contributed by atoms with Gasteiger partial charge in [-0.3, -0.25) is 4.40 Å². The monoisotopic (exact) mass is 234 g/mol. The maximum Gasteiger partial charge on any atom is 0.164 e. The highest BCUT2D eigenvalue weighted by Crippen LogP contribution is 2.18. The fourth-order valence-corrected chi connectivity index (χ4v) is 1.99. The lowest BCUT2D eigenvalue weighted by molar-refractivity contribution is 0.0739. The van der Waals surface area contributed by atoms with Crippen molar-refractivity contribution in [2.45, 2.75) is 6.04 Å². The zero-order valence-corrected chi connectivity index (χ0v) is 9.59. The zero-order valence-electron chi connectivity index (χ0n) is 9.59. The second kappa shape index (κ2) is 4.31. The number of aromatic nitrogens is 3. The molecule has 1 saturated heterocycles. The zero-order chi connectivity index (χ0) is 11.7. The first-order chi connectivity index (χ1) is 8.38. The first-order valence-corrected chi connectivity index (χ1v) is 5.58. The van der Waals surface area contributed by atoms with Crippen LogP contribution in [-0.4, -0.2) is 41.5 Å². The predicted octanol–water partition coefficient (Wildman–Crippen LogP) is 0.399. The van der Waals surface area contributed by atoms with Gasteiger partial charge >= 0.3 is 0 Å². The highest BCUT2D eigenvalue weighted by atomic mass is 16.5. The van der Waals surface area contributed by atoms with Crippen LogP contribution in [-0.2, 0) is 4.74 Å². The molecule has 0 amide bonds. The van der Waals surface area contributed by atoms with Gasteiger partial charge in [-0.1, -0.05) is 0 Å². The van der Waals surface area contributed by atoms with Crippen molar-refractivity contribution < 1.29 is 9.47 Å². The van der Waals surface area contributed by atoms with Gasteiger partial charge in [-0.25, -0.2) is 0 Å². The van der Waals surface area contributed by atoms with Crippen LogP contribution in [0.15, 0.2) is 18.3 Å². The van der Waals surface area contributed by atoms with Crippen LogP contribution in [0.2, 0.25) is 0 Å². The Hall–Kier alpha value is -1.66. The fraction of sp³-hybridized carbons (Fsp3) is 0.455. The Balaban J connectivity index is 1.99. The number of hydrogen-bond acceptors (Lipinski definition) is 5. The molecular weight excluding hydrogens is 220 g/mol. The van der Waals surface area contributed by atoms with Gasteiger partial charge in [-0.05, 0) is 6.07 Å². The number of methoxy groups -OCH3 is 1. The first kappa shape index (κ1) is 10.5. The summed E-state index contributed by atoms with van der Waals surface area (Å²) in [5.74, 6) is 1.66. The summed E-state index contributed by atoms with van der Waals surface area (Å²) in [4.78, 5) is 0. The molecule has 1 unspecified atom stereocenters. The summed E-state index contributed by atoms with van der Waals surface area (Å²) in [6.07, 6.45) is 1.92. The molecule has 0 bridgehead atoms. The second-order valence-electron chi connectivity index (χ2n) is 3.93. The van der Waals surface area contributed by atoms with Crippen molar-refractivity contribution in [3.05, 3.63) is 24.2 Å². The summed E-state index contributed by atoms with van der Waals surface area (Å²) in [6, 6.07) is 3.86. The summed E-state index contributed by atoms with van der Waals surface area (Å²) in [5, 5.41) is 11.7. The SMILES string of the molecule is COc1ccn2c(C3COCCN3)nnc2c1. The lowest BCUT2D eigenvalue weighted by Crippen LogP contribution is -2.35. The van der Waals surface area contributed by atoms with E-state index in [4.69, 9.17) is 9.47 Å². The summed E-state index contributed by atoms with van der Waals surface area (Å²) in [5.41, 5.74) is 0.784. The summed E-state index contributed by atoms with van der Waals surface area (Å²) < 4.78 is 12.5. The average molecular weight is 234 g/mol. The minimum Gasteiger partial charge on any atom is -0.497 e. The van der Waals surface area contributed by atoms with Crippen LogP contribution >= 0.6 is 0 Å². The van der Waals surface area contributed by atoms with Crippen LogP contribution < -0.4 is 10.1 Å². The Morgan fingerprint density at radius 3 is 3.24 bits per heavy atom. The van der Waals surface area contributed by atoms with Gasteiger partial charge in [0.25, 0.3) is 0 Å². The van der Waals surface area contributed by atoms with E-state index < -0.39 is 0 Å². The Labute approximate surface area is 98.6 Å². The molecule has 0 aromatic carbocycles. The van der Waals surface area contributed by atoms with Crippen molar-refractivity contribution in [3.63, 3.8) is 0 Å². The first-order valence-electron chi connectivity index (χ1n) is 5.58. The van der Waals surface area contributed by atoms with E-state index in [9.17, 15) is 0 Å². The topological polar surface area (TPSA) is 60.7 Å². The summed E-state index contributed by atoms with van der Waals surface area (Å²) >= 11 is 0. The highest BCUT2D eigenvalue weighted by Gasteiger charge is 2.20. The minimum absolute atomic E-state index is 0.104. The molecule has 6 heteroatoms. The van der Waals surface area contributed by atoms with Crippen LogP contribution in [0.5, 0.6) is 5.75 Å². The van der Waals surface area contributed by atoms with Crippen LogP contribution in [0.4, 0.5) is 0 Å². The lowest BCUT2D eigenvalue weighted by Gasteiger charge is -2.22. The maximum absolute atomic E-state index is 5.43. The van der Waals surface area contributed by atoms with Gasteiger partial charge in [0.2, 0.25) is 0 Å². The highest BCUT2D eigenvalue weighted by molar-refractivity contribution is 5.44. The molecule has 2 aromatic rings. The molecule has 1 N–H and O–H groups in total. The Morgan fingerprint density at radius 1 is 1.53 bits per heavy atom. The minimum atomic E-state index is 0.104. The van der Waals surface area contributed by atoms with Crippen LogP contribution in [0.1, 0.15) is 11.9 Å². The average Bonchev–Trinajstić information content (AvgIpc) is 2.82. The van der Waals surface area contributed by atoms with E-state index in [1.54, 1.807) is 7.11 Å². The molecule has 0 radical (unpaired) electrons. The largest absolute Gasteiger partial charge is 0.497 e. The Morgan fingerprint density at radius 2 is 2.47 bits per heavy atom. The third-order valence-corrected chi connectivity index (χ3v) is 2.88. The van der Waals surface area contributed by atoms with E-state index in [0.717, 1.165) is 30.4 Å². The van der Waals surface area contributed by atoms with Gasteiger partial charge in [-0.15, -0.1) is 10.2 Å². The normalized spacial score (nSPS) is 20.6. The molecule has 0 saturated carbocycles. The number of ether oxygens (including phenoxy) is 2. The van der Waals surface area contributed by atoms with Crippen LogP contribution in [0, 0.1) is 0 Å². The maximum atomic E-state index is 5.43. The third kappa shape index (κ3) is 1.85. The van der Waals surface area contributed by atoms with Gasteiger partial charge in [-0.2, -0.15) is 0 Å². The predicted molar refractivity (Wildman–Crippen MR) is 61.1 cm³/mol. The number of nitrogens with zero attached hydrogens (tertiary/aromatic N) is 3. The number of rotatable bonds is 2. The molecule has 1 aliphatic heterocycles. The molecule has 17 heavy (non-hydrogen) atoms. The van der Waals surface area contributed by atoms with E-state index >= 15 is 0 Å². The molecular formula is C11H14N4O2.